The maximum Gasteiger partial charge on any atom is 0.151 e. The summed E-state index contributed by atoms with van der Waals surface area (Å²) < 4.78 is 0. The summed E-state index contributed by atoms with van der Waals surface area (Å²) in [5.41, 5.74) is 2.43. The van der Waals surface area contributed by atoms with E-state index in [2.05, 4.69) is 19.1 Å². The summed E-state index contributed by atoms with van der Waals surface area (Å²) in [6.45, 7) is 2.65. The normalized spacial score (nSPS) is 10.7. The van der Waals surface area contributed by atoms with Gasteiger partial charge < -0.3 is 4.90 Å². The third-order valence-electron chi connectivity index (χ3n) is 2.33. The van der Waals surface area contributed by atoms with Gasteiger partial charge in [0.2, 0.25) is 0 Å². The van der Waals surface area contributed by atoms with Crippen molar-refractivity contribution in [3.05, 3.63) is 35.4 Å². The molecule has 0 aliphatic rings. The van der Waals surface area contributed by atoms with Crippen LogP contribution in [0.4, 0.5) is 0 Å². The lowest BCUT2D eigenvalue weighted by atomic mass is 10.1. The van der Waals surface area contributed by atoms with Crippen molar-refractivity contribution < 1.29 is 4.79 Å². The minimum atomic E-state index is 0.268. The SMILES string of the molecule is CCc1ccc(CC(=O)CN(C)C)cc1. The van der Waals surface area contributed by atoms with Crippen molar-refractivity contribution in [1.29, 1.82) is 0 Å². The summed E-state index contributed by atoms with van der Waals surface area (Å²) in [5, 5.41) is 0. The fourth-order valence-electron chi connectivity index (χ4n) is 1.53. The highest BCUT2D eigenvalue weighted by Crippen LogP contribution is 2.06. The van der Waals surface area contributed by atoms with E-state index in [4.69, 9.17) is 0 Å². The molecule has 0 spiro atoms. The molecular formula is C13H19NO. The van der Waals surface area contributed by atoms with Gasteiger partial charge in [-0.05, 0) is 31.6 Å². The summed E-state index contributed by atoms with van der Waals surface area (Å²) in [6, 6.07) is 8.29. The van der Waals surface area contributed by atoms with Crippen molar-refractivity contribution >= 4 is 5.78 Å². The van der Waals surface area contributed by atoms with Crippen LogP contribution in [0.1, 0.15) is 18.1 Å². The summed E-state index contributed by atoms with van der Waals surface area (Å²) >= 11 is 0. The van der Waals surface area contributed by atoms with Gasteiger partial charge in [0.25, 0.3) is 0 Å². The van der Waals surface area contributed by atoms with Crippen molar-refractivity contribution in [2.75, 3.05) is 20.6 Å². The standard InChI is InChI=1S/C13H19NO/c1-4-11-5-7-12(8-6-11)9-13(15)10-14(2)3/h5-8H,4,9-10H2,1-3H3. The van der Waals surface area contributed by atoms with Crippen LogP contribution < -0.4 is 0 Å². The second-order valence-corrected chi connectivity index (χ2v) is 4.12. The Labute approximate surface area is 91.9 Å². The fraction of sp³-hybridized carbons (Fsp3) is 0.462. The maximum absolute atomic E-state index is 11.5. The molecule has 1 aromatic rings. The van der Waals surface area contributed by atoms with Gasteiger partial charge in [-0.15, -0.1) is 0 Å². The molecule has 15 heavy (non-hydrogen) atoms. The molecule has 0 N–H and O–H groups in total. The zero-order valence-corrected chi connectivity index (χ0v) is 9.79. The molecule has 2 heteroatoms. The molecule has 0 aliphatic carbocycles. The lowest BCUT2D eigenvalue weighted by Gasteiger charge is -2.08. The largest absolute Gasteiger partial charge is 0.302 e. The van der Waals surface area contributed by atoms with Gasteiger partial charge in [0.15, 0.2) is 5.78 Å². The van der Waals surface area contributed by atoms with E-state index in [1.54, 1.807) is 0 Å². The zero-order chi connectivity index (χ0) is 11.3. The highest BCUT2D eigenvalue weighted by molar-refractivity contribution is 5.82. The summed E-state index contributed by atoms with van der Waals surface area (Å²) in [4.78, 5) is 13.4. The molecule has 1 aromatic carbocycles. The summed E-state index contributed by atoms with van der Waals surface area (Å²) in [5.74, 6) is 0.268. The Morgan fingerprint density at radius 2 is 1.67 bits per heavy atom. The van der Waals surface area contributed by atoms with E-state index in [1.807, 2.05) is 31.1 Å². The number of ketones is 1. The van der Waals surface area contributed by atoms with Crippen molar-refractivity contribution in [2.24, 2.45) is 0 Å². The summed E-state index contributed by atoms with van der Waals surface area (Å²) in [6.07, 6.45) is 1.59. The van der Waals surface area contributed by atoms with Gasteiger partial charge in [0.1, 0.15) is 0 Å². The first-order valence-electron chi connectivity index (χ1n) is 5.36. The summed E-state index contributed by atoms with van der Waals surface area (Å²) in [7, 11) is 3.83. The number of carbonyl (C=O) groups is 1. The molecule has 2 nitrogen and oxygen atoms in total. The van der Waals surface area contributed by atoms with E-state index in [0.717, 1.165) is 12.0 Å². The van der Waals surface area contributed by atoms with Crippen molar-refractivity contribution in [1.82, 2.24) is 4.90 Å². The molecular weight excluding hydrogens is 186 g/mol. The van der Waals surface area contributed by atoms with E-state index in [-0.39, 0.29) is 5.78 Å². The van der Waals surface area contributed by atoms with E-state index >= 15 is 0 Å². The highest BCUT2D eigenvalue weighted by atomic mass is 16.1. The Morgan fingerprint density at radius 1 is 1.13 bits per heavy atom. The second kappa shape index (κ2) is 5.66. The van der Waals surface area contributed by atoms with Crippen molar-refractivity contribution in [2.45, 2.75) is 19.8 Å². The van der Waals surface area contributed by atoms with Crippen molar-refractivity contribution in [3.63, 3.8) is 0 Å². The zero-order valence-electron chi connectivity index (χ0n) is 9.79. The minimum Gasteiger partial charge on any atom is -0.302 e. The number of likely N-dealkylation sites (N-methyl/N-ethyl adjacent to an activating group) is 1. The van der Waals surface area contributed by atoms with Gasteiger partial charge in [0.05, 0.1) is 6.54 Å². The fourth-order valence-corrected chi connectivity index (χ4v) is 1.53. The molecule has 0 amide bonds. The molecule has 0 saturated carbocycles. The van der Waals surface area contributed by atoms with Crippen molar-refractivity contribution in [3.8, 4) is 0 Å². The average Bonchev–Trinajstić information content (AvgIpc) is 2.17. The number of aryl methyl sites for hydroxylation is 1. The van der Waals surface area contributed by atoms with Gasteiger partial charge in [-0.3, -0.25) is 4.79 Å². The van der Waals surface area contributed by atoms with Crippen LogP contribution in [-0.4, -0.2) is 31.3 Å². The third kappa shape index (κ3) is 4.26. The molecule has 1 rings (SSSR count). The lowest BCUT2D eigenvalue weighted by molar-refractivity contribution is -0.119. The number of hydrogen-bond donors (Lipinski definition) is 0. The average molecular weight is 205 g/mol. The monoisotopic (exact) mass is 205 g/mol. The molecule has 0 atom stereocenters. The van der Waals surface area contributed by atoms with E-state index in [9.17, 15) is 4.79 Å². The van der Waals surface area contributed by atoms with Crippen LogP contribution >= 0.6 is 0 Å². The predicted molar refractivity (Wildman–Crippen MR) is 63.1 cm³/mol. The molecule has 0 bridgehead atoms. The number of Topliss-reactive ketones (excluding diaryl/α,β-unsaturated/α-hetero) is 1. The molecule has 82 valence electrons. The molecule has 0 heterocycles. The quantitative estimate of drug-likeness (QED) is 0.732. The Morgan fingerprint density at radius 3 is 2.13 bits per heavy atom. The highest BCUT2D eigenvalue weighted by Gasteiger charge is 2.04. The van der Waals surface area contributed by atoms with Gasteiger partial charge in [-0.1, -0.05) is 31.2 Å². The maximum atomic E-state index is 11.5. The van der Waals surface area contributed by atoms with E-state index in [1.165, 1.54) is 5.56 Å². The van der Waals surface area contributed by atoms with Crippen LogP contribution in [0.25, 0.3) is 0 Å². The smallest absolute Gasteiger partial charge is 0.151 e. The molecule has 0 saturated heterocycles. The molecule has 0 unspecified atom stereocenters. The second-order valence-electron chi connectivity index (χ2n) is 4.12. The minimum absolute atomic E-state index is 0.268. The van der Waals surface area contributed by atoms with Crippen LogP contribution in [0.5, 0.6) is 0 Å². The van der Waals surface area contributed by atoms with Gasteiger partial charge in [-0.25, -0.2) is 0 Å². The number of hydrogen-bond acceptors (Lipinski definition) is 2. The molecule has 0 aliphatic heterocycles. The lowest BCUT2D eigenvalue weighted by Crippen LogP contribution is -2.22. The van der Waals surface area contributed by atoms with Crippen LogP contribution in [-0.2, 0) is 17.6 Å². The van der Waals surface area contributed by atoms with Crippen LogP contribution in [0.3, 0.4) is 0 Å². The van der Waals surface area contributed by atoms with Crippen LogP contribution in [0, 0.1) is 0 Å². The third-order valence-corrected chi connectivity index (χ3v) is 2.33. The van der Waals surface area contributed by atoms with Gasteiger partial charge in [0, 0.05) is 6.42 Å². The topological polar surface area (TPSA) is 20.3 Å². The Kier molecular flexibility index (Phi) is 4.50. The molecule has 0 fully saturated rings. The molecule has 0 radical (unpaired) electrons. The number of benzene rings is 1. The predicted octanol–water partition coefficient (Wildman–Crippen LogP) is 1.92. The first-order chi connectivity index (χ1) is 7.11. The Hall–Kier alpha value is -1.15. The van der Waals surface area contributed by atoms with Gasteiger partial charge in [-0.2, -0.15) is 0 Å². The Bertz CT molecular complexity index is 314. The van der Waals surface area contributed by atoms with Crippen LogP contribution in [0.2, 0.25) is 0 Å². The van der Waals surface area contributed by atoms with Crippen LogP contribution in [0.15, 0.2) is 24.3 Å². The number of rotatable bonds is 5. The number of carbonyl (C=O) groups excluding carboxylic acids is 1. The molecule has 0 aromatic heterocycles. The first-order valence-corrected chi connectivity index (χ1v) is 5.36. The van der Waals surface area contributed by atoms with E-state index in [0.29, 0.717) is 13.0 Å². The Balaban J connectivity index is 2.53. The van der Waals surface area contributed by atoms with Gasteiger partial charge >= 0.3 is 0 Å². The first kappa shape index (κ1) is 11.9. The number of nitrogens with zero attached hydrogens (tertiary/aromatic N) is 1. The van der Waals surface area contributed by atoms with E-state index < -0.39 is 0 Å².